The Kier molecular flexibility index (Phi) is 6.36. The Morgan fingerprint density at radius 1 is 1.04 bits per heavy atom. The third kappa shape index (κ3) is 7.06. The number of carbonyl (C=O) groups excluding carboxylic acids is 1. The first-order valence-electron chi connectivity index (χ1n) is 7.37. The molecule has 2 aromatic carbocycles. The van der Waals surface area contributed by atoms with Gasteiger partial charge in [-0.3, -0.25) is 4.79 Å². The number of hydrogen-bond donors (Lipinski definition) is 2. The minimum atomic E-state index is -4.80. The lowest BCUT2D eigenvalue weighted by molar-refractivity contribution is -0.274. The van der Waals surface area contributed by atoms with Gasteiger partial charge in [-0.2, -0.15) is 5.10 Å². The van der Waals surface area contributed by atoms with Crippen molar-refractivity contribution in [1.82, 2.24) is 5.43 Å². The van der Waals surface area contributed by atoms with Gasteiger partial charge in [-0.05, 0) is 54.1 Å². The van der Waals surface area contributed by atoms with Crippen LogP contribution < -0.4 is 14.9 Å². The van der Waals surface area contributed by atoms with Crippen molar-refractivity contribution in [2.45, 2.75) is 6.36 Å². The highest BCUT2D eigenvalue weighted by Gasteiger charge is 2.31. The Bertz CT molecular complexity index is 818. The zero-order valence-corrected chi connectivity index (χ0v) is 13.6. The van der Waals surface area contributed by atoms with E-state index in [0.29, 0.717) is 11.3 Å². The Morgan fingerprint density at radius 3 is 2.19 bits per heavy atom. The molecule has 1 amide bonds. The third-order valence-corrected chi connectivity index (χ3v) is 2.97. The van der Waals surface area contributed by atoms with Crippen molar-refractivity contribution >= 4 is 18.1 Å². The zero-order valence-electron chi connectivity index (χ0n) is 13.6. The Morgan fingerprint density at radius 2 is 1.63 bits per heavy atom. The molecule has 0 aliphatic heterocycles. The number of aliphatic carboxylic acids is 1. The van der Waals surface area contributed by atoms with Crippen LogP contribution in [-0.4, -0.2) is 36.2 Å². The summed E-state index contributed by atoms with van der Waals surface area (Å²) >= 11 is 0. The zero-order chi connectivity index (χ0) is 19.9. The number of ether oxygens (including phenoxy) is 2. The van der Waals surface area contributed by atoms with Gasteiger partial charge >= 0.3 is 12.3 Å². The van der Waals surface area contributed by atoms with Gasteiger partial charge in [-0.1, -0.05) is 0 Å². The minimum absolute atomic E-state index is 0.0964. The molecule has 2 rings (SSSR count). The van der Waals surface area contributed by atoms with E-state index in [0.717, 1.165) is 12.1 Å². The molecular formula is C17H13F3N2O5. The fraction of sp³-hybridized carbons (Fsp3) is 0.118. The number of alkyl halides is 3. The highest BCUT2D eigenvalue weighted by Crippen LogP contribution is 2.22. The summed E-state index contributed by atoms with van der Waals surface area (Å²) < 4.78 is 44.9. The first kappa shape index (κ1) is 19.8. The van der Waals surface area contributed by atoms with Crippen molar-refractivity contribution in [3.8, 4) is 11.5 Å². The highest BCUT2D eigenvalue weighted by molar-refractivity contribution is 5.95. The molecule has 0 atom stereocenters. The number of benzene rings is 2. The molecule has 7 nitrogen and oxygen atoms in total. The van der Waals surface area contributed by atoms with E-state index in [2.05, 4.69) is 15.3 Å². The molecule has 0 bridgehead atoms. The number of carbonyl (C=O) groups is 2. The monoisotopic (exact) mass is 382 g/mol. The number of hydrazone groups is 1. The van der Waals surface area contributed by atoms with Crippen LogP contribution in [-0.2, 0) is 4.79 Å². The van der Waals surface area contributed by atoms with E-state index in [9.17, 15) is 22.8 Å². The van der Waals surface area contributed by atoms with Crippen molar-refractivity contribution in [3.63, 3.8) is 0 Å². The van der Waals surface area contributed by atoms with E-state index >= 15 is 0 Å². The largest absolute Gasteiger partial charge is 0.573 e. The molecule has 0 aromatic heterocycles. The first-order valence-corrected chi connectivity index (χ1v) is 7.37. The van der Waals surface area contributed by atoms with Crippen LogP contribution in [0.15, 0.2) is 53.6 Å². The van der Waals surface area contributed by atoms with E-state index in [1.165, 1.54) is 30.5 Å². The summed E-state index contributed by atoms with van der Waals surface area (Å²) in [4.78, 5) is 22.3. The number of nitrogens with one attached hydrogen (secondary N) is 1. The quantitative estimate of drug-likeness (QED) is 0.567. The van der Waals surface area contributed by atoms with Gasteiger partial charge in [0, 0.05) is 5.56 Å². The molecule has 0 unspecified atom stereocenters. The summed E-state index contributed by atoms with van der Waals surface area (Å²) in [5, 5.41) is 12.2. The standard InChI is InChI=1S/C17H13F3N2O5/c18-17(19,20)27-14-7-3-12(4-8-14)16(25)22-21-9-11-1-5-13(6-2-11)26-10-15(23)24/h1-9H,10H2,(H,22,25)(H,23,24). The lowest BCUT2D eigenvalue weighted by Gasteiger charge is -2.08. The van der Waals surface area contributed by atoms with E-state index in [1.807, 2.05) is 0 Å². The van der Waals surface area contributed by atoms with Crippen molar-refractivity contribution in [2.24, 2.45) is 5.10 Å². The smallest absolute Gasteiger partial charge is 0.482 e. The minimum Gasteiger partial charge on any atom is -0.482 e. The number of rotatable bonds is 7. The molecule has 0 saturated heterocycles. The fourth-order valence-corrected chi connectivity index (χ4v) is 1.83. The summed E-state index contributed by atoms with van der Waals surface area (Å²) in [5.41, 5.74) is 2.93. The predicted octanol–water partition coefficient (Wildman–Crippen LogP) is 2.81. The van der Waals surface area contributed by atoms with Gasteiger partial charge in [0.15, 0.2) is 6.61 Å². The molecule has 142 valence electrons. The van der Waals surface area contributed by atoms with Crippen molar-refractivity contribution in [3.05, 3.63) is 59.7 Å². The molecule has 0 heterocycles. The van der Waals surface area contributed by atoms with E-state index in [1.54, 1.807) is 12.1 Å². The van der Waals surface area contributed by atoms with E-state index in [-0.39, 0.29) is 5.56 Å². The van der Waals surface area contributed by atoms with Gasteiger partial charge in [-0.15, -0.1) is 13.2 Å². The predicted molar refractivity (Wildman–Crippen MR) is 87.8 cm³/mol. The van der Waals surface area contributed by atoms with Gasteiger partial charge < -0.3 is 14.6 Å². The van der Waals surface area contributed by atoms with Gasteiger partial charge in [0.25, 0.3) is 5.91 Å². The van der Waals surface area contributed by atoms with Crippen LogP contribution in [0.5, 0.6) is 11.5 Å². The summed E-state index contributed by atoms with van der Waals surface area (Å²) in [6, 6.07) is 10.6. The number of carboxylic acid groups (broad SMARTS) is 1. The SMILES string of the molecule is O=C(O)COc1ccc(C=NNC(=O)c2ccc(OC(F)(F)F)cc2)cc1. The van der Waals surface area contributed by atoms with Crippen LogP contribution in [0.3, 0.4) is 0 Å². The molecule has 27 heavy (non-hydrogen) atoms. The number of carboxylic acids is 1. The maximum atomic E-state index is 12.1. The molecule has 10 heteroatoms. The molecular weight excluding hydrogens is 369 g/mol. The molecule has 0 spiro atoms. The van der Waals surface area contributed by atoms with E-state index in [4.69, 9.17) is 9.84 Å². The van der Waals surface area contributed by atoms with Gasteiger partial charge in [-0.25, -0.2) is 10.2 Å². The molecule has 0 aliphatic rings. The van der Waals surface area contributed by atoms with Crippen LogP contribution in [0, 0.1) is 0 Å². The van der Waals surface area contributed by atoms with Crippen LogP contribution in [0.4, 0.5) is 13.2 Å². The molecule has 0 aliphatic carbocycles. The van der Waals surface area contributed by atoms with Gasteiger partial charge in [0.05, 0.1) is 6.21 Å². The van der Waals surface area contributed by atoms with Gasteiger partial charge in [0.1, 0.15) is 11.5 Å². The summed E-state index contributed by atoms with van der Waals surface area (Å²) in [7, 11) is 0. The lowest BCUT2D eigenvalue weighted by atomic mass is 10.2. The summed E-state index contributed by atoms with van der Waals surface area (Å²) in [6.07, 6.45) is -3.47. The van der Waals surface area contributed by atoms with Crippen LogP contribution >= 0.6 is 0 Å². The second kappa shape index (κ2) is 8.70. The Hall–Kier alpha value is -3.56. The molecule has 0 saturated carbocycles. The van der Waals surface area contributed by atoms with Crippen LogP contribution in [0.1, 0.15) is 15.9 Å². The first-order chi connectivity index (χ1) is 12.7. The maximum absolute atomic E-state index is 12.1. The number of amides is 1. The van der Waals surface area contributed by atoms with Crippen molar-refractivity contribution in [1.29, 1.82) is 0 Å². The maximum Gasteiger partial charge on any atom is 0.573 e. The molecule has 2 N–H and O–H groups in total. The lowest BCUT2D eigenvalue weighted by Crippen LogP contribution is -2.19. The van der Waals surface area contributed by atoms with Crippen LogP contribution in [0.25, 0.3) is 0 Å². The highest BCUT2D eigenvalue weighted by atomic mass is 19.4. The number of halogens is 3. The summed E-state index contributed by atoms with van der Waals surface area (Å²) in [6.45, 7) is -0.462. The summed E-state index contributed by atoms with van der Waals surface area (Å²) in [5.74, 6) is -1.79. The Balaban J connectivity index is 1.88. The normalized spacial score (nSPS) is 11.2. The molecule has 0 fully saturated rings. The average molecular weight is 382 g/mol. The van der Waals surface area contributed by atoms with Gasteiger partial charge in [0.2, 0.25) is 0 Å². The third-order valence-electron chi connectivity index (χ3n) is 2.97. The second-order valence-electron chi connectivity index (χ2n) is 5.02. The van der Waals surface area contributed by atoms with Crippen molar-refractivity contribution in [2.75, 3.05) is 6.61 Å². The average Bonchev–Trinajstić information content (AvgIpc) is 2.60. The van der Waals surface area contributed by atoms with Crippen molar-refractivity contribution < 1.29 is 37.3 Å². The van der Waals surface area contributed by atoms with E-state index < -0.39 is 30.6 Å². The molecule has 2 aromatic rings. The Labute approximate surface area is 151 Å². The molecule has 0 radical (unpaired) electrons. The number of hydrogen-bond acceptors (Lipinski definition) is 5. The second-order valence-corrected chi connectivity index (χ2v) is 5.02. The topological polar surface area (TPSA) is 97.2 Å². The fourth-order valence-electron chi connectivity index (χ4n) is 1.83. The number of nitrogens with zero attached hydrogens (tertiary/aromatic N) is 1. The van der Waals surface area contributed by atoms with Crippen LogP contribution in [0.2, 0.25) is 0 Å².